The Morgan fingerprint density at radius 1 is 1.15 bits per heavy atom. The maximum atomic E-state index is 13.5. The van der Waals surface area contributed by atoms with Crippen molar-refractivity contribution < 1.29 is 13.9 Å². The van der Waals surface area contributed by atoms with E-state index >= 15 is 0 Å². The molecule has 0 spiro atoms. The van der Waals surface area contributed by atoms with Crippen LogP contribution in [-0.4, -0.2) is 37.0 Å². The molecule has 5 nitrogen and oxygen atoms in total. The quantitative estimate of drug-likeness (QED) is 0.765. The Balaban J connectivity index is 1.35. The molecule has 0 aliphatic carbocycles. The zero-order valence-electron chi connectivity index (χ0n) is 15.0. The largest absolute Gasteiger partial charge is 0.492 e. The van der Waals surface area contributed by atoms with Gasteiger partial charge in [-0.3, -0.25) is 9.69 Å². The van der Waals surface area contributed by atoms with Crippen LogP contribution in [0.1, 0.15) is 18.4 Å². The zero-order chi connectivity index (χ0) is 18.6. The number of carbonyl (C=O) groups excluding carboxylic acids is 1. The molecule has 2 aliphatic heterocycles. The van der Waals surface area contributed by atoms with Crippen molar-refractivity contribution in [1.29, 1.82) is 0 Å². The summed E-state index contributed by atoms with van der Waals surface area (Å²) >= 11 is 0. The number of hydrogen-bond donors (Lipinski definition) is 2. The topological polar surface area (TPSA) is 53.6 Å². The predicted molar refractivity (Wildman–Crippen MR) is 104 cm³/mol. The van der Waals surface area contributed by atoms with E-state index in [1.165, 1.54) is 38.1 Å². The summed E-state index contributed by atoms with van der Waals surface area (Å²) in [6, 6.07) is 11.8. The summed E-state index contributed by atoms with van der Waals surface area (Å²) in [6.45, 7) is 3.97. The molecule has 0 radical (unpaired) electrons. The first-order chi connectivity index (χ1) is 13.2. The van der Waals surface area contributed by atoms with Crippen LogP contribution >= 0.6 is 0 Å². The molecule has 0 bridgehead atoms. The van der Waals surface area contributed by atoms with Gasteiger partial charge in [-0.25, -0.2) is 4.39 Å². The average Bonchev–Trinajstić information content (AvgIpc) is 3.28. The fourth-order valence-electron chi connectivity index (χ4n) is 3.41. The molecule has 27 heavy (non-hydrogen) atoms. The Bertz CT molecular complexity index is 858. The van der Waals surface area contributed by atoms with E-state index in [0.29, 0.717) is 23.4 Å². The third-order valence-corrected chi connectivity index (χ3v) is 4.88. The van der Waals surface area contributed by atoms with Crippen molar-refractivity contribution in [2.24, 2.45) is 0 Å². The van der Waals surface area contributed by atoms with E-state index in [1.54, 1.807) is 12.3 Å². The summed E-state index contributed by atoms with van der Waals surface area (Å²) in [6.07, 6.45) is 4.17. The highest BCUT2D eigenvalue weighted by Gasteiger charge is 2.24. The summed E-state index contributed by atoms with van der Waals surface area (Å²) in [5, 5.41) is 5.82. The van der Waals surface area contributed by atoms with Gasteiger partial charge in [0.2, 0.25) is 0 Å². The highest BCUT2D eigenvalue weighted by molar-refractivity contribution is 6.31. The Morgan fingerprint density at radius 2 is 1.93 bits per heavy atom. The van der Waals surface area contributed by atoms with Crippen molar-refractivity contribution in [3.8, 4) is 5.75 Å². The van der Waals surface area contributed by atoms with Gasteiger partial charge in [-0.2, -0.15) is 0 Å². The molecule has 2 N–H and O–H groups in total. The number of nitrogens with one attached hydrogen (secondary N) is 2. The minimum atomic E-state index is -0.369. The highest BCUT2D eigenvalue weighted by Crippen LogP contribution is 2.32. The van der Waals surface area contributed by atoms with E-state index in [0.717, 1.165) is 18.0 Å². The van der Waals surface area contributed by atoms with Crippen molar-refractivity contribution in [3.05, 3.63) is 60.0 Å². The van der Waals surface area contributed by atoms with Gasteiger partial charge in [0, 0.05) is 29.7 Å². The van der Waals surface area contributed by atoms with Crippen molar-refractivity contribution in [1.82, 2.24) is 4.90 Å². The molecule has 2 aromatic rings. The van der Waals surface area contributed by atoms with Crippen LogP contribution in [0.5, 0.6) is 5.75 Å². The fraction of sp³-hybridized carbons (Fsp3) is 0.286. The SMILES string of the molecule is O=C1Nc2ccc(F)cc2C1=CNc1ccc(OCCN2CCCC2)cc1. The first-order valence-corrected chi connectivity index (χ1v) is 9.22. The standard InChI is InChI=1S/C21H22FN3O2/c22-15-3-8-20-18(13-15)19(21(26)24-20)14-23-16-4-6-17(7-5-16)27-12-11-25-9-1-2-10-25/h3-8,13-14,23H,1-2,9-12H2,(H,24,26). The summed E-state index contributed by atoms with van der Waals surface area (Å²) in [4.78, 5) is 14.5. The number of halogens is 1. The molecule has 1 fully saturated rings. The van der Waals surface area contributed by atoms with E-state index in [4.69, 9.17) is 4.74 Å². The van der Waals surface area contributed by atoms with Crippen LogP contribution in [0.4, 0.5) is 15.8 Å². The molecule has 4 rings (SSSR count). The second-order valence-electron chi connectivity index (χ2n) is 6.77. The second-order valence-corrected chi connectivity index (χ2v) is 6.77. The minimum absolute atomic E-state index is 0.245. The second kappa shape index (κ2) is 7.80. The molecule has 1 amide bonds. The number of hydrogen-bond acceptors (Lipinski definition) is 4. The molecule has 0 atom stereocenters. The minimum Gasteiger partial charge on any atom is -0.492 e. The van der Waals surface area contributed by atoms with Gasteiger partial charge in [-0.05, 0) is 68.4 Å². The van der Waals surface area contributed by atoms with Crippen molar-refractivity contribution >= 4 is 22.9 Å². The van der Waals surface area contributed by atoms with Crippen molar-refractivity contribution in [2.45, 2.75) is 12.8 Å². The number of ether oxygens (including phenoxy) is 1. The van der Waals surface area contributed by atoms with Gasteiger partial charge in [0.15, 0.2) is 0 Å². The first-order valence-electron chi connectivity index (χ1n) is 9.22. The summed E-state index contributed by atoms with van der Waals surface area (Å²) in [7, 11) is 0. The molecule has 0 saturated carbocycles. The summed E-state index contributed by atoms with van der Waals surface area (Å²) in [5.41, 5.74) is 2.42. The van der Waals surface area contributed by atoms with Gasteiger partial charge < -0.3 is 15.4 Å². The zero-order valence-corrected chi connectivity index (χ0v) is 15.0. The van der Waals surface area contributed by atoms with Gasteiger partial charge in [0.1, 0.15) is 18.2 Å². The fourth-order valence-corrected chi connectivity index (χ4v) is 3.41. The van der Waals surface area contributed by atoms with E-state index in [1.807, 2.05) is 24.3 Å². The van der Waals surface area contributed by atoms with Crippen LogP contribution in [-0.2, 0) is 4.79 Å². The molecule has 2 aromatic carbocycles. The smallest absolute Gasteiger partial charge is 0.257 e. The normalized spacial score (nSPS) is 17.8. The third kappa shape index (κ3) is 4.11. The predicted octanol–water partition coefficient (Wildman–Crippen LogP) is 3.71. The Morgan fingerprint density at radius 3 is 2.70 bits per heavy atom. The van der Waals surface area contributed by atoms with Gasteiger partial charge in [0.25, 0.3) is 5.91 Å². The maximum absolute atomic E-state index is 13.5. The molecule has 2 heterocycles. The van der Waals surface area contributed by atoms with Crippen molar-refractivity contribution in [2.75, 3.05) is 36.9 Å². The lowest BCUT2D eigenvalue weighted by atomic mass is 10.1. The maximum Gasteiger partial charge on any atom is 0.257 e. The number of fused-ring (bicyclic) bond motifs is 1. The van der Waals surface area contributed by atoms with Crippen LogP contribution < -0.4 is 15.4 Å². The molecule has 1 saturated heterocycles. The lowest BCUT2D eigenvalue weighted by molar-refractivity contribution is -0.110. The van der Waals surface area contributed by atoms with E-state index in [9.17, 15) is 9.18 Å². The molecular formula is C21H22FN3O2. The van der Waals surface area contributed by atoms with E-state index < -0.39 is 0 Å². The summed E-state index contributed by atoms with van der Waals surface area (Å²) in [5.74, 6) is 0.204. The van der Waals surface area contributed by atoms with Gasteiger partial charge in [0.05, 0.1) is 5.57 Å². The van der Waals surface area contributed by atoms with Crippen LogP contribution in [0.15, 0.2) is 48.7 Å². The molecule has 2 aliphatic rings. The Labute approximate surface area is 157 Å². The number of amides is 1. The first kappa shape index (κ1) is 17.5. The number of carbonyl (C=O) groups is 1. The van der Waals surface area contributed by atoms with Gasteiger partial charge in [-0.1, -0.05) is 0 Å². The van der Waals surface area contributed by atoms with E-state index in [-0.39, 0.29) is 11.7 Å². The van der Waals surface area contributed by atoms with Crippen LogP contribution in [0.3, 0.4) is 0 Å². The monoisotopic (exact) mass is 367 g/mol. The third-order valence-electron chi connectivity index (χ3n) is 4.88. The number of likely N-dealkylation sites (tertiary alicyclic amines) is 1. The van der Waals surface area contributed by atoms with Gasteiger partial charge >= 0.3 is 0 Å². The lowest BCUT2D eigenvalue weighted by Gasteiger charge is -2.15. The number of benzene rings is 2. The number of rotatable bonds is 6. The van der Waals surface area contributed by atoms with Crippen molar-refractivity contribution in [3.63, 3.8) is 0 Å². The molecule has 0 unspecified atom stereocenters. The van der Waals surface area contributed by atoms with Crippen LogP contribution in [0.25, 0.3) is 5.57 Å². The molecule has 140 valence electrons. The summed E-state index contributed by atoms with van der Waals surface area (Å²) < 4.78 is 19.3. The molecule has 0 aromatic heterocycles. The van der Waals surface area contributed by atoms with E-state index in [2.05, 4.69) is 15.5 Å². The highest BCUT2D eigenvalue weighted by atomic mass is 19.1. The average molecular weight is 367 g/mol. The molecule has 6 heteroatoms. The Kier molecular flexibility index (Phi) is 5.07. The van der Waals surface area contributed by atoms with Gasteiger partial charge in [-0.15, -0.1) is 0 Å². The molecular weight excluding hydrogens is 345 g/mol. The number of anilines is 2. The van der Waals surface area contributed by atoms with Crippen LogP contribution in [0.2, 0.25) is 0 Å². The Hall–Kier alpha value is -2.86. The van der Waals surface area contributed by atoms with Crippen LogP contribution in [0, 0.1) is 5.82 Å². The number of nitrogens with zero attached hydrogens (tertiary/aromatic N) is 1. The lowest BCUT2D eigenvalue weighted by Crippen LogP contribution is -2.25.